The summed E-state index contributed by atoms with van der Waals surface area (Å²) in [5.41, 5.74) is 7.01. The number of anilines is 1. The van der Waals surface area contributed by atoms with Crippen LogP contribution in [0, 0.1) is 3.57 Å². The fourth-order valence-corrected chi connectivity index (χ4v) is 1.84. The van der Waals surface area contributed by atoms with Gasteiger partial charge in [0.1, 0.15) is 6.26 Å². The van der Waals surface area contributed by atoms with Gasteiger partial charge in [0.05, 0.1) is 5.56 Å². The lowest BCUT2D eigenvalue weighted by Gasteiger charge is -2.00. The van der Waals surface area contributed by atoms with Crippen molar-refractivity contribution in [1.82, 2.24) is 0 Å². The van der Waals surface area contributed by atoms with Gasteiger partial charge in [-0.15, -0.1) is 0 Å². The summed E-state index contributed by atoms with van der Waals surface area (Å²) < 4.78 is 6.00. The van der Waals surface area contributed by atoms with Crippen molar-refractivity contribution in [3.05, 3.63) is 34.1 Å². The third-order valence-electron chi connectivity index (χ3n) is 1.91. The van der Waals surface area contributed by atoms with Gasteiger partial charge >= 0.3 is 0 Å². The van der Waals surface area contributed by atoms with Crippen molar-refractivity contribution in [3.8, 4) is 16.9 Å². The first kappa shape index (κ1) is 9.39. The lowest BCUT2D eigenvalue weighted by molar-refractivity contribution is 0.461. The van der Waals surface area contributed by atoms with E-state index in [1.165, 1.54) is 6.26 Å². The average Bonchev–Trinajstić information content (AvgIpc) is 2.46. The molecule has 3 nitrogen and oxygen atoms in total. The molecule has 1 heterocycles. The molecule has 0 aliphatic carbocycles. The number of rotatable bonds is 1. The number of furan rings is 1. The van der Waals surface area contributed by atoms with Crippen LogP contribution in [0.2, 0.25) is 0 Å². The maximum Gasteiger partial charge on any atom is 0.201 e. The molecule has 0 atom stereocenters. The molecule has 72 valence electrons. The van der Waals surface area contributed by atoms with Gasteiger partial charge in [-0.1, -0.05) is 12.1 Å². The highest BCUT2D eigenvalue weighted by Gasteiger charge is 2.12. The van der Waals surface area contributed by atoms with Gasteiger partial charge in [-0.25, -0.2) is 0 Å². The molecule has 0 unspecified atom stereocenters. The first-order valence-electron chi connectivity index (χ1n) is 4.00. The summed E-state index contributed by atoms with van der Waals surface area (Å²) >= 11 is 2.20. The molecular formula is C10H8INO2. The molecule has 14 heavy (non-hydrogen) atoms. The van der Waals surface area contributed by atoms with Crippen LogP contribution < -0.4 is 5.73 Å². The molecule has 1 aromatic carbocycles. The number of nitrogens with two attached hydrogens (primary N) is 1. The Morgan fingerprint density at radius 1 is 1.36 bits per heavy atom. The van der Waals surface area contributed by atoms with Gasteiger partial charge in [-0.2, -0.15) is 0 Å². The summed E-state index contributed by atoms with van der Waals surface area (Å²) in [6.45, 7) is 0. The molecule has 0 aliphatic heterocycles. The van der Waals surface area contributed by atoms with E-state index in [0.29, 0.717) is 5.56 Å². The van der Waals surface area contributed by atoms with E-state index >= 15 is 0 Å². The highest BCUT2D eigenvalue weighted by atomic mass is 127. The van der Waals surface area contributed by atoms with Gasteiger partial charge in [0, 0.05) is 3.57 Å². The SMILES string of the molecule is Nc1occ(O)c1-c1cccc(I)c1. The third-order valence-corrected chi connectivity index (χ3v) is 2.58. The molecule has 0 fully saturated rings. The number of hydrogen-bond acceptors (Lipinski definition) is 3. The molecule has 2 aromatic rings. The maximum absolute atomic E-state index is 9.50. The van der Waals surface area contributed by atoms with Gasteiger partial charge in [0.15, 0.2) is 5.75 Å². The second-order valence-corrected chi connectivity index (χ2v) is 4.12. The van der Waals surface area contributed by atoms with E-state index in [1.54, 1.807) is 0 Å². The second kappa shape index (κ2) is 3.53. The summed E-state index contributed by atoms with van der Waals surface area (Å²) in [5.74, 6) is 0.314. The molecule has 0 bridgehead atoms. The molecule has 0 radical (unpaired) electrons. The molecule has 4 heteroatoms. The lowest BCUT2D eigenvalue weighted by Crippen LogP contribution is -1.85. The van der Waals surface area contributed by atoms with Gasteiger partial charge < -0.3 is 15.3 Å². The van der Waals surface area contributed by atoms with Crippen LogP contribution in [0.1, 0.15) is 0 Å². The average molecular weight is 301 g/mol. The molecule has 0 saturated carbocycles. The largest absolute Gasteiger partial charge is 0.504 e. The van der Waals surface area contributed by atoms with Crippen LogP contribution in [0.3, 0.4) is 0 Å². The zero-order valence-electron chi connectivity index (χ0n) is 7.20. The molecular weight excluding hydrogens is 293 g/mol. The van der Waals surface area contributed by atoms with E-state index in [-0.39, 0.29) is 11.6 Å². The normalized spacial score (nSPS) is 10.4. The lowest BCUT2D eigenvalue weighted by atomic mass is 10.1. The van der Waals surface area contributed by atoms with Crippen LogP contribution in [-0.2, 0) is 0 Å². The highest BCUT2D eigenvalue weighted by molar-refractivity contribution is 14.1. The molecule has 0 amide bonds. The maximum atomic E-state index is 9.50. The Morgan fingerprint density at radius 3 is 2.71 bits per heavy atom. The Hall–Kier alpha value is -1.17. The van der Waals surface area contributed by atoms with E-state index in [4.69, 9.17) is 10.2 Å². The highest BCUT2D eigenvalue weighted by Crippen LogP contribution is 2.36. The van der Waals surface area contributed by atoms with Crippen LogP contribution in [0.25, 0.3) is 11.1 Å². The minimum absolute atomic E-state index is 0.0736. The van der Waals surface area contributed by atoms with Crippen LogP contribution in [0.15, 0.2) is 34.9 Å². The molecule has 1 aromatic heterocycles. The Morgan fingerprint density at radius 2 is 2.14 bits per heavy atom. The van der Waals surface area contributed by atoms with Crippen molar-refractivity contribution in [2.45, 2.75) is 0 Å². The van der Waals surface area contributed by atoms with Crippen LogP contribution >= 0.6 is 22.6 Å². The summed E-state index contributed by atoms with van der Waals surface area (Å²) in [5, 5.41) is 9.50. The Bertz CT molecular complexity index is 445. The molecule has 0 saturated heterocycles. The van der Waals surface area contributed by atoms with Gasteiger partial charge in [-0.05, 0) is 40.3 Å². The van der Waals surface area contributed by atoms with Gasteiger partial charge in [-0.3, -0.25) is 0 Å². The molecule has 2 rings (SSSR count). The van der Waals surface area contributed by atoms with Crippen LogP contribution in [0.4, 0.5) is 5.88 Å². The van der Waals surface area contributed by atoms with Crippen molar-refractivity contribution >= 4 is 28.5 Å². The third kappa shape index (κ3) is 1.57. The van der Waals surface area contributed by atoms with E-state index in [2.05, 4.69) is 22.6 Å². The van der Waals surface area contributed by atoms with E-state index in [1.807, 2.05) is 24.3 Å². The fraction of sp³-hybridized carbons (Fsp3) is 0. The minimum atomic E-state index is 0.0736. The second-order valence-electron chi connectivity index (χ2n) is 2.87. The van der Waals surface area contributed by atoms with Crippen LogP contribution in [0.5, 0.6) is 5.75 Å². The van der Waals surface area contributed by atoms with E-state index < -0.39 is 0 Å². The quantitative estimate of drug-likeness (QED) is 0.796. The summed E-state index contributed by atoms with van der Waals surface area (Å²) in [4.78, 5) is 0. The molecule has 0 spiro atoms. The standard InChI is InChI=1S/C10H8INO2/c11-7-3-1-2-6(4-7)9-8(13)5-14-10(9)12/h1-5,13H,12H2. The summed E-state index contributed by atoms with van der Waals surface area (Å²) in [6, 6.07) is 7.69. The van der Waals surface area contributed by atoms with Gasteiger partial charge in [0.2, 0.25) is 5.88 Å². The monoisotopic (exact) mass is 301 g/mol. The predicted molar refractivity (Wildman–Crippen MR) is 62.9 cm³/mol. The summed E-state index contributed by atoms with van der Waals surface area (Å²) in [6.07, 6.45) is 1.24. The van der Waals surface area contributed by atoms with Gasteiger partial charge in [0.25, 0.3) is 0 Å². The minimum Gasteiger partial charge on any atom is -0.504 e. The smallest absolute Gasteiger partial charge is 0.201 e. The molecule has 3 N–H and O–H groups in total. The van der Waals surface area contributed by atoms with Crippen molar-refractivity contribution in [1.29, 1.82) is 0 Å². The zero-order chi connectivity index (χ0) is 10.1. The molecule has 0 aliphatic rings. The topological polar surface area (TPSA) is 59.4 Å². The number of aromatic hydroxyl groups is 1. The van der Waals surface area contributed by atoms with E-state index in [0.717, 1.165) is 9.13 Å². The number of nitrogen functional groups attached to an aromatic ring is 1. The Kier molecular flexibility index (Phi) is 2.37. The van der Waals surface area contributed by atoms with Crippen molar-refractivity contribution in [2.24, 2.45) is 0 Å². The van der Waals surface area contributed by atoms with Crippen molar-refractivity contribution in [2.75, 3.05) is 5.73 Å². The fourth-order valence-electron chi connectivity index (χ4n) is 1.30. The Labute approximate surface area is 94.7 Å². The number of halogens is 1. The van der Waals surface area contributed by atoms with E-state index in [9.17, 15) is 5.11 Å². The van der Waals surface area contributed by atoms with Crippen LogP contribution in [-0.4, -0.2) is 5.11 Å². The van der Waals surface area contributed by atoms with Crippen molar-refractivity contribution in [3.63, 3.8) is 0 Å². The number of benzene rings is 1. The first-order chi connectivity index (χ1) is 6.68. The predicted octanol–water partition coefficient (Wildman–Crippen LogP) is 2.84. The number of hydrogen-bond donors (Lipinski definition) is 2. The first-order valence-corrected chi connectivity index (χ1v) is 5.08. The zero-order valence-corrected chi connectivity index (χ0v) is 9.36. The summed E-state index contributed by atoms with van der Waals surface area (Å²) in [7, 11) is 0. The van der Waals surface area contributed by atoms with Crippen molar-refractivity contribution < 1.29 is 9.52 Å². The Balaban J connectivity index is 2.59.